The molecule has 2 rings (SSSR count). The average molecular weight is 218 g/mol. The number of pyridine rings is 1. The van der Waals surface area contributed by atoms with E-state index in [-0.39, 0.29) is 11.8 Å². The van der Waals surface area contributed by atoms with Gasteiger partial charge in [0.25, 0.3) is 0 Å². The highest BCUT2D eigenvalue weighted by Crippen LogP contribution is 2.29. The third kappa shape index (κ3) is 2.81. The van der Waals surface area contributed by atoms with Crippen molar-refractivity contribution in [2.24, 2.45) is 11.8 Å². The highest BCUT2D eigenvalue weighted by atomic mass is 16.1. The van der Waals surface area contributed by atoms with Crippen molar-refractivity contribution in [3.8, 4) is 0 Å². The summed E-state index contributed by atoms with van der Waals surface area (Å²) in [6.07, 6.45) is 6.15. The average Bonchev–Trinajstić information content (AvgIpc) is 2.30. The molecule has 0 saturated heterocycles. The zero-order valence-corrected chi connectivity index (χ0v) is 9.65. The van der Waals surface area contributed by atoms with Crippen molar-refractivity contribution in [2.75, 3.05) is 5.32 Å². The second-order valence-electron chi connectivity index (χ2n) is 4.67. The van der Waals surface area contributed by atoms with Crippen LogP contribution in [0.1, 0.15) is 32.6 Å². The van der Waals surface area contributed by atoms with Crippen LogP contribution in [0.4, 0.5) is 5.82 Å². The van der Waals surface area contributed by atoms with E-state index >= 15 is 0 Å². The summed E-state index contributed by atoms with van der Waals surface area (Å²) in [5.41, 5.74) is 0. The Morgan fingerprint density at radius 2 is 2.31 bits per heavy atom. The first kappa shape index (κ1) is 11.1. The van der Waals surface area contributed by atoms with Crippen molar-refractivity contribution in [3.63, 3.8) is 0 Å². The molecule has 0 spiro atoms. The van der Waals surface area contributed by atoms with Gasteiger partial charge in [0.2, 0.25) is 5.91 Å². The fourth-order valence-corrected chi connectivity index (χ4v) is 2.34. The number of nitrogens with one attached hydrogen (secondary N) is 1. The quantitative estimate of drug-likeness (QED) is 0.829. The fourth-order valence-electron chi connectivity index (χ4n) is 2.34. The predicted molar refractivity (Wildman–Crippen MR) is 64.0 cm³/mol. The summed E-state index contributed by atoms with van der Waals surface area (Å²) in [6.45, 7) is 2.22. The summed E-state index contributed by atoms with van der Waals surface area (Å²) in [5.74, 6) is 1.63. The maximum atomic E-state index is 12.0. The third-order valence-corrected chi connectivity index (χ3v) is 3.22. The van der Waals surface area contributed by atoms with Gasteiger partial charge in [-0.25, -0.2) is 4.98 Å². The molecule has 86 valence electrons. The van der Waals surface area contributed by atoms with Crippen LogP contribution in [0.15, 0.2) is 24.4 Å². The molecule has 1 saturated carbocycles. The van der Waals surface area contributed by atoms with Gasteiger partial charge in [-0.05, 0) is 30.9 Å². The van der Waals surface area contributed by atoms with E-state index in [0.29, 0.717) is 11.7 Å². The number of anilines is 1. The van der Waals surface area contributed by atoms with Gasteiger partial charge in [-0.1, -0.05) is 25.8 Å². The van der Waals surface area contributed by atoms with Crippen LogP contribution >= 0.6 is 0 Å². The van der Waals surface area contributed by atoms with Crippen molar-refractivity contribution >= 4 is 11.7 Å². The monoisotopic (exact) mass is 218 g/mol. The first-order valence-electron chi connectivity index (χ1n) is 5.97. The lowest BCUT2D eigenvalue weighted by molar-refractivity contribution is -0.121. The summed E-state index contributed by atoms with van der Waals surface area (Å²) in [6, 6.07) is 5.55. The van der Waals surface area contributed by atoms with Gasteiger partial charge in [0, 0.05) is 12.1 Å². The van der Waals surface area contributed by atoms with Gasteiger partial charge < -0.3 is 5.32 Å². The molecule has 0 aromatic carbocycles. The highest BCUT2D eigenvalue weighted by Gasteiger charge is 2.24. The van der Waals surface area contributed by atoms with Gasteiger partial charge in [-0.2, -0.15) is 0 Å². The first-order valence-corrected chi connectivity index (χ1v) is 5.97. The Hall–Kier alpha value is -1.38. The van der Waals surface area contributed by atoms with E-state index in [0.717, 1.165) is 12.8 Å². The Kier molecular flexibility index (Phi) is 3.54. The van der Waals surface area contributed by atoms with Crippen LogP contribution in [-0.2, 0) is 4.79 Å². The van der Waals surface area contributed by atoms with E-state index in [2.05, 4.69) is 17.2 Å². The Bertz CT molecular complexity index is 350. The molecule has 1 amide bonds. The highest BCUT2D eigenvalue weighted by molar-refractivity contribution is 5.91. The molecule has 3 heteroatoms. The summed E-state index contributed by atoms with van der Waals surface area (Å²) >= 11 is 0. The lowest BCUT2D eigenvalue weighted by Crippen LogP contribution is -2.27. The minimum absolute atomic E-state index is 0.130. The molecule has 0 aliphatic heterocycles. The van der Waals surface area contributed by atoms with Crippen LogP contribution in [-0.4, -0.2) is 10.9 Å². The molecule has 1 heterocycles. The van der Waals surface area contributed by atoms with Gasteiger partial charge in [0.1, 0.15) is 5.82 Å². The molecule has 0 radical (unpaired) electrons. The molecule has 2 unspecified atom stereocenters. The maximum Gasteiger partial charge on any atom is 0.228 e. The topological polar surface area (TPSA) is 42.0 Å². The molecular formula is C13H18N2O. The number of nitrogens with zero attached hydrogens (tertiary/aromatic N) is 1. The van der Waals surface area contributed by atoms with Gasteiger partial charge in [0.15, 0.2) is 0 Å². The smallest absolute Gasteiger partial charge is 0.228 e. The molecule has 1 aliphatic rings. The number of rotatable bonds is 2. The summed E-state index contributed by atoms with van der Waals surface area (Å²) in [7, 11) is 0. The Morgan fingerprint density at radius 3 is 3.00 bits per heavy atom. The zero-order valence-electron chi connectivity index (χ0n) is 9.65. The molecule has 2 atom stereocenters. The van der Waals surface area contributed by atoms with Gasteiger partial charge >= 0.3 is 0 Å². The van der Waals surface area contributed by atoms with E-state index < -0.39 is 0 Å². The van der Waals surface area contributed by atoms with Crippen LogP contribution in [0.25, 0.3) is 0 Å². The Labute approximate surface area is 96.3 Å². The summed E-state index contributed by atoms with van der Waals surface area (Å²) < 4.78 is 0. The molecule has 1 aromatic rings. The van der Waals surface area contributed by atoms with Crippen molar-refractivity contribution in [1.29, 1.82) is 0 Å². The first-order chi connectivity index (χ1) is 7.75. The summed E-state index contributed by atoms with van der Waals surface area (Å²) in [5, 5.41) is 2.88. The van der Waals surface area contributed by atoms with E-state index in [4.69, 9.17) is 0 Å². The van der Waals surface area contributed by atoms with Gasteiger partial charge in [-0.3, -0.25) is 4.79 Å². The number of amides is 1. The van der Waals surface area contributed by atoms with Crippen LogP contribution in [0, 0.1) is 11.8 Å². The lowest BCUT2D eigenvalue weighted by atomic mass is 9.82. The normalized spacial score (nSPS) is 25.1. The minimum atomic E-state index is 0.130. The molecule has 3 nitrogen and oxygen atoms in total. The van der Waals surface area contributed by atoms with Crippen LogP contribution in [0.2, 0.25) is 0 Å². The Morgan fingerprint density at radius 1 is 1.44 bits per heavy atom. The number of hydrogen-bond acceptors (Lipinski definition) is 2. The second-order valence-corrected chi connectivity index (χ2v) is 4.67. The van der Waals surface area contributed by atoms with E-state index in [1.54, 1.807) is 6.20 Å². The Balaban J connectivity index is 1.93. The van der Waals surface area contributed by atoms with Crippen molar-refractivity contribution in [3.05, 3.63) is 24.4 Å². The van der Waals surface area contributed by atoms with E-state index in [9.17, 15) is 4.79 Å². The number of carbonyl (C=O) groups is 1. The van der Waals surface area contributed by atoms with E-state index in [1.807, 2.05) is 18.2 Å². The molecule has 16 heavy (non-hydrogen) atoms. The predicted octanol–water partition coefficient (Wildman–Crippen LogP) is 2.85. The van der Waals surface area contributed by atoms with Crippen molar-refractivity contribution in [1.82, 2.24) is 4.98 Å². The zero-order chi connectivity index (χ0) is 11.4. The number of hydrogen-bond donors (Lipinski definition) is 1. The van der Waals surface area contributed by atoms with Gasteiger partial charge in [-0.15, -0.1) is 0 Å². The number of carbonyl (C=O) groups excluding carboxylic acids is 1. The largest absolute Gasteiger partial charge is 0.310 e. The number of aromatic nitrogens is 1. The molecule has 1 aliphatic carbocycles. The SMILES string of the molecule is CC1CCCC(C(=O)Nc2ccccn2)C1. The van der Waals surface area contributed by atoms with E-state index in [1.165, 1.54) is 12.8 Å². The summed E-state index contributed by atoms with van der Waals surface area (Å²) in [4.78, 5) is 16.1. The third-order valence-electron chi connectivity index (χ3n) is 3.22. The standard InChI is InChI=1S/C13H18N2O/c1-10-5-4-6-11(9-10)13(16)15-12-7-2-3-8-14-12/h2-3,7-8,10-11H,4-6,9H2,1H3,(H,14,15,16). The van der Waals surface area contributed by atoms with Crippen molar-refractivity contribution < 1.29 is 4.79 Å². The lowest BCUT2D eigenvalue weighted by Gasteiger charge is -2.25. The van der Waals surface area contributed by atoms with Crippen LogP contribution in [0.3, 0.4) is 0 Å². The molecular weight excluding hydrogens is 200 g/mol. The van der Waals surface area contributed by atoms with Crippen molar-refractivity contribution in [2.45, 2.75) is 32.6 Å². The molecule has 1 aromatic heterocycles. The molecule has 1 fully saturated rings. The van der Waals surface area contributed by atoms with Crippen LogP contribution in [0.5, 0.6) is 0 Å². The molecule has 1 N–H and O–H groups in total. The minimum Gasteiger partial charge on any atom is -0.310 e. The van der Waals surface area contributed by atoms with Crippen LogP contribution < -0.4 is 5.32 Å². The fraction of sp³-hybridized carbons (Fsp3) is 0.538. The molecule has 0 bridgehead atoms. The maximum absolute atomic E-state index is 12.0. The second kappa shape index (κ2) is 5.10. The van der Waals surface area contributed by atoms with Gasteiger partial charge in [0.05, 0.1) is 0 Å².